The molecule has 3 rings (SSSR count). The highest BCUT2D eigenvalue weighted by Gasteiger charge is 2.15. The minimum Gasteiger partial charge on any atom is -0.298 e. The molecule has 0 saturated heterocycles. The van der Waals surface area contributed by atoms with Gasteiger partial charge >= 0.3 is 0 Å². The summed E-state index contributed by atoms with van der Waals surface area (Å²) in [6.07, 6.45) is 1.81. The molecule has 2 aromatic carbocycles. The van der Waals surface area contributed by atoms with Crippen molar-refractivity contribution in [1.29, 1.82) is 0 Å². The second kappa shape index (κ2) is 8.15. The molecule has 0 aliphatic carbocycles. The van der Waals surface area contributed by atoms with Gasteiger partial charge in [-0.15, -0.1) is 16.8 Å². The van der Waals surface area contributed by atoms with Gasteiger partial charge in [-0.05, 0) is 19.9 Å². The third kappa shape index (κ3) is 4.11. The van der Waals surface area contributed by atoms with Gasteiger partial charge in [0.25, 0.3) is 0 Å². The summed E-state index contributed by atoms with van der Waals surface area (Å²) in [5.41, 5.74) is 4.04. The van der Waals surface area contributed by atoms with Crippen LogP contribution in [0.3, 0.4) is 0 Å². The second-order valence-corrected chi connectivity index (χ2v) is 7.10. The first-order valence-electron chi connectivity index (χ1n) is 8.42. The average Bonchev–Trinajstić information content (AvgIpc) is 3.03. The van der Waals surface area contributed by atoms with Gasteiger partial charge in [-0.25, -0.2) is 0 Å². The molecule has 3 aromatic rings. The largest absolute Gasteiger partial charge is 0.298 e. The van der Waals surface area contributed by atoms with Gasteiger partial charge in [0.1, 0.15) is 0 Å². The molecule has 0 aliphatic rings. The Morgan fingerprint density at radius 1 is 1.12 bits per heavy atom. The van der Waals surface area contributed by atoms with Crippen molar-refractivity contribution in [2.24, 2.45) is 0 Å². The molecule has 0 spiro atoms. The van der Waals surface area contributed by atoms with E-state index in [1.165, 1.54) is 17.3 Å². The zero-order chi connectivity index (χ0) is 18.5. The van der Waals surface area contributed by atoms with E-state index in [4.69, 9.17) is 0 Å². The monoisotopic (exact) mass is 363 g/mol. The van der Waals surface area contributed by atoms with Crippen LogP contribution in [0.1, 0.15) is 21.5 Å². The molecular weight excluding hydrogens is 342 g/mol. The fraction of sp³-hybridized carbons (Fsp3) is 0.190. The molecule has 0 bridgehead atoms. The SMILES string of the molecule is C=CCn1c(SCC(=O)c2ccc(C)cc2)nnc1-c1cccc(C)c1. The van der Waals surface area contributed by atoms with Crippen molar-refractivity contribution in [3.8, 4) is 11.4 Å². The Hall–Kier alpha value is -2.66. The number of Topliss-reactive ketones (excluding diaryl/α,β-unsaturated/α-hetero) is 1. The maximum atomic E-state index is 12.4. The quantitative estimate of drug-likeness (QED) is 0.346. The predicted octanol–water partition coefficient (Wildman–Crippen LogP) is 4.72. The molecule has 4 nitrogen and oxygen atoms in total. The van der Waals surface area contributed by atoms with Crippen LogP contribution in [0.25, 0.3) is 11.4 Å². The van der Waals surface area contributed by atoms with E-state index in [0.717, 1.165) is 27.7 Å². The molecule has 1 aromatic heterocycles. The van der Waals surface area contributed by atoms with Gasteiger partial charge in [0.2, 0.25) is 0 Å². The normalized spacial score (nSPS) is 10.7. The van der Waals surface area contributed by atoms with E-state index in [9.17, 15) is 4.79 Å². The fourth-order valence-electron chi connectivity index (χ4n) is 2.64. The summed E-state index contributed by atoms with van der Waals surface area (Å²) in [6, 6.07) is 15.8. The number of allylic oxidation sites excluding steroid dienone is 1. The van der Waals surface area contributed by atoms with Crippen LogP contribution in [0.4, 0.5) is 0 Å². The van der Waals surface area contributed by atoms with Gasteiger partial charge in [0, 0.05) is 17.7 Å². The lowest BCUT2D eigenvalue weighted by atomic mass is 10.1. The molecule has 0 fully saturated rings. The van der Waals surface area contributed by atoms with E-state index < -0.39 is 0 Å². The fourth-order valence-corrected chi connectivity index (χ4v) is 3.48. The van der Waals surface area contributed by atoms with Crippen LogP contribution in [-0.2, 0) is 6.54 Å². The topological polar surface area (TPSA) is 47.8 Å². The summed E-state index contributed by atoms with van der Waals surface area (Å²) in [7, 11) is 0. The van der Waals surface area contributed by atoms with Crippen molar-refractivity contribution >= 4 is 17.5 Å². The van der Waals surface area contributed by atoms with Crippen LogP contribution in [0.5, 0.6) is 0 Å². The second-order valence-electron chi connectivity index (χ2n) is 6.15. The van der Waals surface area contributed by atoms with E-state index in [-0.39, 0.29) is 5.78 Å². The number of benzene rings is 2. The highest BCUT2D eigenvalue weighted by molar-refractivity contribution is 7.99. The Labute approximate surface area is 158 Å². The minimum atomic E-state index is 0.0836. The molecule has 0 aliphatic heterocycles. The van der Waals surface area contributed by atoms with Crippen molar-refractivity contribution in [1.82, 2.24) is 14.8 Å². The third-order valence-electron chi connectivity index (χ3n) is 4.01. The number of hydrogen-bond donors (Lipinski definition) is 0. The first kappa shape index (κ1) is 18.1. The molecule has 0 unspecified atom stereocenters. The number of nitrogens with zero attached hydrogens (tertiary/aromatic N) is 3. The van der Waals surface area contributed by atoms with Gasteiger partial charge in [-0.2, -0.15) is 0 Å². The number of carbonyl (C=O) groups is 1. The van der Waals surface area contributed by atoms with Crippen molar-refractivity contribution < 1.29 is 4.79 Å². The number of ketones is 1. The summed E-state index contributed by atoms with van der Waals surface area (Å²) >= 11 is 1.41. The lowest BCUT2D eigenvalue weighted by Crippen LogP contribution is -2.05. The molecule has 0 radical (unpaired) electrons. The molecular formula is C21H21N3OS. The Balaban J connectivity index is 1.80. The number of aryl methyl sites for hydroxylation is 2. The zero-order valence-corrected chi connectivity index (χ0v) is 15.8. The van der Waals surface area contributed by atoms with Crippen molar-refractivity contribution in [2.45, 2.75) is 25.5 Å². The summed E-state index contributed by atoms with van der Waals surface area (Å²) in [5, 5.41) is 9.36. The average molecular weight is 363 g/mol. The third-order valence-corrected chi connectivity index (χ3v) is 4.98. The van der Waals surface area contributed by atoms with Crippen molar-refractivity contribution in [3.05, 3.63) is 77.9 Å². The molecule has 132 valence electrons. The Kier molecular flexibility index (Phi) is 5.68. The van der Waals surface area contributed by atoms with Crippen molar-refractivity contribution in [3.63, 3.8) is 0 Å². The van der Waals surface area contributed by atoms with E-state index >= 15 is 0 Å². The van der Waals surface area contributed by atoms with Crippen LogP contribution in [0.2, 0.25) is 0 Å². The predicted molar refractivity (Wildman–Crippen MR) is 107 cm³/mol. The van der Waals surface area contributed by atoms with Crippen LogP contribution >= 0.6 is 11.8 Å². The van der Waals surface area contributed by atoms with E-state index in [0.29, 0.717) is 12.3 Å². The summed E-state index contributed by atoms with van der Waals surface area (Å²) in [5.74, 6) is 1.20. The highest BCUT2D eigenvalue weighted by atomic mass is 32.2. The van der Waals surface area contributed by atoms with Gasteiger partial charge < -0.3 is 0 Å². The minimum absolute atomic E-state index is 0.0836. The number of rotatable bonds is 7. The van der Waals surface area contributed by atoms with Gasteiger partial charge in [0.05, 0.1) is 5.75 Å². The molecule has 0 atom stereocenters. The zero-order valence-electron chi connectivity index (χ0n) is 15.0. The summed E-state index contributed by atoms with van der Waals surface area (Å²) in [4.78, 5) is 12.4. The smallest absolute Gasteiger partial charge is 0.192 e. The molecule has 26 heavy (non-hydrogen) atoms. The molecule has 0 saturated carbocycles. The first-order chi connectivity index (χ1) is 12.6. The Morgan fingerprint density at radius 2 is 1.88 bits per heavy atom. The number of carbonyl (C=O) groups excluding carboxylic acids is 1. The van der Waals surface area contributed by atoms with Crippen LogP contribution in [0, 0.1) is 13.8 Å². The van der Waals surface area contributed by atoms with Crippen LogP contribution in [-0.4, -0.2) is 26.3 Å². The lowest BCUT2D eigenvalue weighted by molar-refractivity contribution is 0.102. The molecule has 5 heteroatoms. The van der Waals surface area contributed by atoms with Crippen LogP contribution < -0.4 is 0 Å². The Morgan fingerprint density at radius 3 is 2.58 bits per heavy atom. The number of thioether (sulfide) groups is 1. The van der Waals surface area contributed by atoms with Gasteiger partial charge in [0.15, 0.2) is 16.8 Å². The van der Waals surface area contributed by atoms with E-state index in [1.807, 2.05) is 67.0 Å². The van der Waals surface area contributed by atoms with E-state index in [1.54, 1.807) is 0 Å². The molecule has 0 amide bonds. The molecule has 0 N–H and O–H groups in total. The van der Waals surface area contributed by atoms with Gasteiger partial charge in [-0.3, -0.25) is 9.36 Å². The standard InChI is InChI=1S/C21H21N3OS/c1-4-12-24-20(18-7-5-6-16(3)13-18)22-23-21(24)26-14-19(25)17-10-8-15(2)9-11-17/h4-11,13H,1,12,14H2,2-3H3. The maximum absolute atomic E-state index is 12.4. The lowest BCUT2D eigenvalue weighted by Gasteiger charge is -2.08. The van der Waals surface area contributed by atoms with Crippen LogP contribution in [0.15, 0.2) is 66.3 Å². The summed E-state index contributed by atoms with van der Waals surface area (Å²) in [6.45, 7) is 8.48. The van der Waals surface area contributed by atoms with E-state index in [2.05, 4.69) is 22.8 Å². The number of hydrogen-bond acceptors (Lipinski definition) is 4. The maximum Gasteiger partial charge on any atom is 0.192 e. The van der Waals surface area contributed by atoms with Gasteiger partial charge in [-0.1, -0.05) is 71.4 Å². The Bertz CT molecular complexity index is 929. The van der Waals surface area contributed by atoms with Crippen molar-refractivity contribution in [2.75, 3.05) is 5.75 Å². The number of aromatic nitrogens is 3. The highest BCUT2D eigenvalue weighted by Crippen LogP contribution is 2.25. The molecule has 1 heterocycles. The summed E-state index contributed by atoms with van der Waals surface area (Å²) < 4.78 is 1.99. The first-order valence-corrected chi connectivity index (χ1v) is 9.41.